The van der Waals surface area contributed by atoms with Crippen LogP contribution in [0.1, 0.15) is 31.7 Å². The SMILES string of the molecule is Cc1cccc(NC(=O)NCC(=O)N2CCCCC2C(C)N)c1. The van der Waals surface area contributed by atoms with Crippen molar-refractivity contribution in [2.24, 2.45) is 5.73 Å². The van der Waals surface area contributed by atoms with Crippen molar-refractivity contribution in [3.63, 3.8) is 0 Å². The maximum absolute atomic E-state index is 12.4. The van der Waals surface area contributed by atoms with Gasteiger partial charge in [0.1, 0.15) is 0 Å². The van der Waals surface area contributed by atoms with Crippen molar-refractivity contribution in [1.29, 1.82) is 0 Å². The molecule has 4 N–H and O–H groups in total. The number of aryl methyl sites for hydroxylation is 1. The Balaban J connectivity index is 1.84. The van der Waals surface area contributed by atoms with Gasteiger partial charge in [-0.15, -0.1) is 0 Å². The van der Waals surface area contributed by atoms with E-state index in [-0.39, 0.29) is 30.6 Å². The van der Waals surface area contributed by atoms with Crippen LogP contribution in [0.25, 0.3) is 0 Å². The number of hydrogen-bond acceptors (Lipinski definition) is 3. The first-order valence-corrected chi connectivity index (χ1v) is 8.14. The molecule has 0 saturated carbocycles. The molecule has 3 amide bonds. The van der Waals surface area contributed by atoms with Gasteiger partial charge in [-0.2, -0.15) is 0 Å². The van der Waals surface area contributed by atoms with Gasteiger partial charge in [0.15, 0.2) is 0 Å². The molecule has 1 aromatic rings. The number of piperidine rings is 1. The Morgan fingerprint density at radius 3 is 2.87 bits per heavy atom. The number of rotatable bonds is 4. The number of hydrogen-bond donors (Lipinski definition) is 3. The fourth-order valence-corrected chi connectivity index (χ4v) is 2.97. The highest BCUT2D eigenvalue weighted by Gasteiger charge is 2.29. The minimum Gasteiger partial charge on any atom is -0.337 e. The summed E-state index contributed by atoms with van der Waals surface area (Å²) < 4.78 is 0. The van der Waals surface area contributed by atoms with Crippen molar-refractivity contribution in [3.8, 4) is 0 Å². The van der Waals surface area contributed by atoms with Crippen LogP contribution in [0.4, 0.5) is 10.5 Å². The van der Waals surface area contributed by atoms with Gasteiger partial charge in [0, 0.05) is 24.3 Å². The van der Waals surface area contributed by atoms with Gasteiger partial charge in [-0.05, 0) is 50.8 Å². The summed E-state index contributed by atoms with van der Waals surface area (Å²) in [5.74, 6) is -0.0774. The first kappa shape index (κ1) is 17.3. The summed E-state index contributed by atoms with van der Waals surface area (Å²) in [6.07, 6.45) is 3.01. The smallest absolute Gasteiger partial charge is 0.319 e. The normalized spacial score (nSPS) is 19.1. The van der Waals surface area contributed by atoms with Crippen molar-refractivity contribution < 1.29 is 9.59 Å². The lowest BCUT2D eigenvalue weighted by Crippen LogP contribution is -2.54. The number of nitrogens with two attached hydrogens (primary N) is 1. The Kier molecular flexibility index (Phi) is 5.98. The molecule has 126 valence electrons. The lowest BCUT2D eigenvalue weighted by atomic mass is 9.97. The molecule has 2 unspecified atom stereocenters. The lowest BCUT2D eigenvalue weighted by molar-refractivity contribution is -0.134. The number of carbonyl (C=O) groups excluding carboxylic acids is 2. The second-order valence-corrected chi connectivity index (χ2v) is 6.19. The largest absolute Gasteiger partial charge is 0.337 e. The third kappa shape index (κ3) is 4.96. The lowest BCUT2D eigenvalue weighted by Gasteiger charge is -2.38. The molecule has 1 fully saturated rings. The molecule has 0 bridgehead atoms. The van der Waals surface area contributed by atoms with Crippen LogP contribution >= 0.6 is 0 Å². The molecule has 0 radical (unpaired) electrons. The van der Waals surface area contributed by atoms with Crippen molar-refractivity contribution in [3.05, 3.63) is 29.8 Å². The Morgan fingerprint density at radius 2 is 2.17 bits per heavy atom. The number of amides is 3. The number of urea groups is 1. The van der Waals surface area contributed by atoms with Crippen molar-refractivity contribution in [1.82, 2.24) is 10.2 Å². The minimum absolute atomic E-state index is 0.0130. The van der Waals surface area contributed by atoms with E-state index < -0.39 is 0 Å². The predicted octanol–water partition coefficient (Wildman–Crippen LogP) is 1.84. The molecule has 1 saturated heterocycles. The Bertz CT molecular complexity index is 559. The van der Waals surface area contributed by atoms with E-state index in [4.69, 9.17) is 5.73 Å². The fraction of sp³-hybridized carbons (Fsp3) is 0.529. The van der Waals surface area contributed by atoms with E-state index in [1.807, 2.05) is 38.1 Å². The molecule has 6 heteroatoms. The average molecular weight is 318 g/mol. The highest BCUT2D eigenvalue weighted by atomic mass is 16.2. The van der Waals surface area contributed by atoms with Gasteiger partial charge in [-0.1, -0.05) is 12.1 Å². The molecule has 2 atom stereocenters. The van der Waals surface area contributed by atoms with E-state index in [1.165, 1.54) is 0 Å². The molecule has 1 aliphatic rings. The minimum atomic E-state index is -0.377. The van der Waals surface area contributed by atoms with Crippen LogP contribution < -0.4 is 16.4 Å². The van der Waals surface area contributed by atoms with Gasteiger partial charge in [0.25, 0.3) is 0 Å². The van der Waals surface area contributed by atoms with E-state index in [2.05, 4.69) is 10.6 Å². The first-order chi connectivity index (χ1) is 11.0. The second-order valence-electron chi connectivity index (χ2n) is 6.19. The van der Waals surface area contributed by atoms with E-state index in [0.29, 0.717) is 12.2 Å². The van der Waals surface area contributed by atoms with Gasteiger partial charge in [0.05, 0.1) is 6.54 Å². The van der Waals surface area contributed by atoms with Crippen molar-refractivity contribution in [2.75, 3.05) is 18.4 Å². The van der Waals surface area contributed by atoms with Crippen molar-refractivity contribution in [2.45, 2.75) is 45.2 Å². The summed E-state index contributed by atoms with van der Waals surface area (Å²) in [5, 5.41) is 5.35. The van der Waals surface area contributed by atoms with Crippen LogP contribution in [0.15, 0.2) is 24.3 Å². The molecule has 0 aliphatic carbocycles. The predicted molar refractivity (Wildman–Crippen MR) is 91.2 cm³/mol. The topological polar surface area (TPSA) is 87.5 Å². The van der Waals surface area contributed by atoms with Crippen LogP contribution in [0, 0.1) is 6.92 Å². The Morgan fingerprint density at radius 1 is 1.39 bits per heavy atom. The molecule has 1 aliphatic heterocycles. The number of likely N-dealkylation sites (tertiary alicyclic amines) is 1. The van der Waals surface area contributed by atoms with Gasteiger partial charge in [-0.3, -0.25) is 4.79 Å². The number of anilines is 1. The van der Waals surface area contributed by atoms with Crippen LogP contribution in [0.2, 0.25) is 0 Å². The standard InChI is InChI=1S/C17H26N4O2/c1-12-6-5-7-14(10-12)20-17(23)19-11-16(22)21-9-4-3-8-15(21)13(2)18/h5-7,10,13,15H,3-4,8-9,11,18H2,1-2H3,(H2,19,20,23). The zero-order chi connectivity index (χ0) is 16.8. The molecular formula is C17H26N4O2. The van der Waals surface area contributed by atoms with E-state index in [0.717, 1.165) is 24.8 Å². The molecule has 6 nitrogen and oxygen atoms in total. The highest BCUT2D eigenvalue weighted by Crippen LogP contribution is 2.19. The van der Waals surface area contributed by atoms with E-state index in [9.17, 15) is 9.59 Å². The van der Waals surface area contributed by atoms with E-state index >= 15 is 0 Å². The average Bonchev–Trinajstić information content (AvgIpc) is 2.52. The number of nitrogens with one attached hydrogen (secondary N) is 2. The summed E-state index contributed by atoms with van der Waals surface area (Å²) in [4.78, 5) is 26.1. The van der Waals surface area contributed by atoms with Gasteiger partial charge >= 0.3 is 6.03 Å². The molecular weight excluding hydrogens is 292 g/mol. The number of benzene rings is 1. The number of nitrogens with zero attached hydrogens (tertiary/aromatic N) is 1. The Labute approximate surface area is 137 Å². The summed E-state index contributed by atoms with van der Waals surface area (Å²) in [7, 11) is 0. The monoisotopic (exact) mass is 318 g/mol. The zero-order valence-electron chi connectivity index (χ0n) is 13.8. The first-order valence-electron chi connectivity index (χ1n) is 8.14. The molecule has 1 heterocycles. The third-order valence-corrected chi connectivity index (χ3v) is 4.15. The number of carbonyl (C=O) groups is 2. The van der Waals surface area contributed by atoms with Gasteiger partial charge in [-0.25, -0.2) is 4.79 Å². The Hall–Kier alpha value is -2.08. The van der Waals surface area contributed by atoms with Gasteiger partial charge < -0.3 is 21.3 Å². The third-order valence-electron chi connectivity index (χ3n) is 4.15. The second kappa shape index (κ2) is 7.97. The summed E-state index contributed by atoms with van der Waals surface area (Å²) in [5.41, 5.74) is 7.75. The van der Waals surface area contributed by atoms with Crippen LogP contribution in [0.5, 0.6) is 0 Å². The molecule has 0 spiro atoms. The quantitative estimate of drug-likeness (QED) is 0.791. The van der Waals surface area contributed by atoms with Gasteiger partial charge in [0.2, 0.25) is 5.91 Å². The molecule has 0 aromatic heterocycles. The maximum Gasteiger partial charge on any atom is 0.319 e. The summed E-state index contributed by atoms with van der Waals surface area (Å²) >= 11 is 0. The molecule has 1 aromatic carbocycles. The van der Waals surface area contributed by atoms with Crippen LogP contribution in [-0.4, -0.2) is 42.0 Å². The zero-order valence-corrected chi connectivity index (χ0v) is 13.8. The fourth-order valence-electron chi connectivity index (χ4n) is 2.97. The highest BCUT2D eigenvalue weighted by molar-refractivity contribution is 5.92. The van der Waals surface area contributed by atoms with Crippen LogP contribution in [-0.2, 0) is 4.79 Å². The van der Waals surface area contributed by atoms with Crippen molar-refractivity contribution >= 4 is 17.6 Å². The molecule has 2 rings (SSSR count). The van der Waals surface area contributed by atoms with Crippen LogP contribution in [0.3, 0.4) is 0 Å². The summed E-state index contributed by atoms with van der Waals surface area (Å²) in [6.45, 7) is 4.58. The molecule has 23 heavy (non-hydrogen) atoms. The van der Waals surface area contributed by atoms with E-state index in [1.54, 1.807) is 4.90 Å². The maximum atomic E-state index is 12.4. The summed E-state index contributed by atoms with van der Waals surface area (Å²) in [6, 6.07) is 7.15.